The van der Waals surface area contributed by atoms with Crippen molar-refractivity contribution < 1.29 is 4.21 Å². The first kappa shape index (κ1) is 13.9. The third-order valence-electron chi connectivity index (χ3n) is 1.77. The lowest BCUT2D eigenvalue weighted by molar-refractivity contribution is 0.651. The molecule has 0 N–H and O–H groups in total. The molecule has 1 aromatic carbocycles. The lowest BCUT2D eigenvalue weighted by Crippen LogP contribution is -2.19. The molecule has 1 rings (SSSR count). The predicted octanol–water partition coefficient (Wildman–Crippen LogP) is 3.98. The molecule has 1 aromatic rings. The smallest absolute Gasteiger partial charge is 0.144 e. The van der Waals surface area contributed by atoms with Crippen molar-refractivity contribution in [2.75, 3.05) is 0 Å². The minimum Gasteiger partial charge on any atom is -0.234 e. The van der Waals surface area contributed by atoms with Gasteiger partial charge < -0.3 is 0 Å². The zero-order valence-electron chi connectivity index (χ0n) is 9.33. The minimum absolute atomic E-state index is 0.352. The monoisotopic (exact) mass is 321 g/mol. The Kier molecular flexibility index (Phi) is 4.71. The summed E-state index contributed by atoms with van der Waals surface area (Å²) < 4.78 is 16.3. The maximum atomic E-state index is 11.7. The first-order valence-corrected chi connectivity index (χ1v) is 6.99. The van der Waals surface area contributed by atoms with Gasteiger partial charge in [-0.25, -0.2) is 4.21 Å². The molecule has 0 bridgehead atoms. The van der Waals surface area contributed by atoms with E-state index >= 15 is 0 Å². The van der Waals surface area contributed by atoms with Crippen LogP contribution >= 0.6 is 27.5 Å². The van der Waals surface area contributed by atoms with Gasteiger partial charge in [-0.15, -0.1) is 0 Å². The number of hydrogen-bond acceptors (Lipinski definition) is 1. The molecule has 16 heavy (non-hydrogen) atoms. The van der Waals surface area contributed by atoms with Gasteiger partial charge in [0.2, 0.25) is 0 Å². The SMILES string of the molecule is CC(C)(C)[S@@](=O)N=Cc1cc(Br)ccc1Cl. The highest BCUT2D eigenvalue weighted by molar-refractivity contribution is 9.10. The molecule has 5 heteroatoms. The molecule has 0 aliphatic carbocycles. The second-order valence-electron chi connectivity index (χ2n) is 4.26. The summed E-state index contributed by atoms with van der Waals surface area (Å²) >= 11 is 9.33. The van der Waals surface area contributed by atoms with Crippen molar-refractivity contribution >= 4 is 44.7 Å². The van der Waals surface area contributed by atoms with Crippen LogP contribution in [0.5, 0.6) is 0 Å². The van der Waals surface area contributed by atoms with Gasteiger partial charge in [0, 0.05) is 21.3 Å². The third kappa shape index (κ3) is 4.00. The number of hydrogen-bond donors (Lipinski definition) is 0. The fraction of sp³-hybridized carbons (Fsp3) is 0.364. The van der Waals surface area contributed by atoms with Gasteiger partial charge in [0.1, 0.15) is 11.0 Å². The van der Waals surface area contributed by atoms with E-state index < -0.39 is 11.0 Å². The average molecular weight is 323 g/mol. The van der Waals surface area contributed by atoms with E-state index in [0.29, 0.717) is 5.02 Å². The molecule has 0 aliphatic rings. The quantitative estimate of drug-likeness (QED) is 0.757. The van der Waals surface area contributed by atoms with Crippen molar-refractivity contribution in [1.29, 1.82) is 0 Å². The Bertz CT molecular complexity index is 440. The highest BCUT2D eigenvalue weighted by Gasteiger charge is 2.18. The topological polar surface area (TPSA) is 29.4 Å². The van der Waals surface area contributed by atoms with Gasteiger partial charge in [0.15, 0.2) is 0 Å². The zero-order chi connectivity index (χ0) is 12.3. The van der Waals surface area contributed by atoms with Crippen LogP contribution < -0.4 is 0 Å². The molecule has 0 saturated heterocycles. The van der Waals surface area contributed by atoms with Crippen molar-refractivity contribution in [3.05, 3.63) is 33.3 Å². The third-order valence-corrected chi connectivity index (χ3v) is 3.95. The molecule has 0 spiro atoms. The Morgan fingerprint density at radius 3 is 2.62 bits per heavy atom. The molecule has 1 atom stereocenters. The summed E-state index contributed by atoms with van der Waals surface area (Å²) in [4.78, 5) is 0. The Morgan fingerprint density at radius 1 is 1.44 bits per heavy atom. The Morgan fingerprint density at radius 2 is 2.06 bits per heavy atom. The van der Waals surface area contributed by atoms with E-state index in [1.807, 2.05) is 32.9 Å². The van der Waals surface area contributed by atoms with Crippen LogP contribution in [0.4, 0.5) is 0 Å². The van der Waals surface area contributed by atoms with E-state index in [1.165, 1.54) is 0 Å². The molecule has 2 nitrogen and oxygen atoms in total. The highest BCUT2D eigenvalue weighted by Crippen LogP contribution is 2.20. The molecule has 0 unspecified atom stereocenters. The number of halogens is 2. The molecule has 0 fully saturated rings. The number of nitrogens with zero attached hydrogens (tertiary/aromatic N) is 1. The molecule has 0 amide bonds. The van der Waals surface area contributed by atoms with E-state index in [4.69, 9.17) is 11.6 Å². The molecule has 0 saturated carbocycles. The summed E-state index contributed by atoms with van der Waals surface area (Å²) in [5.74, 6) is 0. The normalized spacial score (nSPS) is 14.3. The summed E-state index contributed by atoms with van der Waals surface area (Å²) in [6.45, 7) is 5.63. The van der Waals surface area contributed by atoms with Crippen molar-refractivity contribution in [3.63, 3.8) is 0 Å². The molecular formula is C11H13BrClNOS. The molecule has 88 valence electrons. The van der Waals surface area contributed by atoms with E-state index in [0.717, 1.165) is 10.0 Å². The number of rotatable bonds is 2. The van der Waals surface area contributed by atoms with Gasteiger partial charge in [0.05, 0.1) is 4.75 Å². The van der Waals surface area contributed by atoms with Gasteiger partial charge in [0.25, 0.3) is 0 Å². The van der Waals surface area contributed by atoms with Crippen LogP contribution in [0.2, 0.25) is 5.02 Å². The van der Waals surface area contributed by atoms with Crippen molar-refractivity contribution in [2.24, 2.45) is 4.40 Å². The predicted molar refractivity (Wildman–Crippen MR) is 74.6 cm³/mol. The van der Waals surface area contributed by atoms with E-state index in [9.17, 15) is 4.21 Å². The summed E-state index contributed by atoms with van der Waals surface area (Å²) in [5.41, 5.74) is 0.758. The first-order chi connectivity index (χ1) is 7.30. The fourth-order valence-electron chi connectivity index (χ4n) is 0.876. The van der Waals surface area contributed by atoms with Crippen LogP contribution in [0.1, 0.15) is 26.3 Å². The second-order valence-corrected chi connectivity index (χ2v) is 7.52. The summed E-state index contributed by atoms with van der Waals surface area (Å²) in [7, 11) is -1.26. The van der Waals surface area contributed by atoms with Crippen molar-refractivity contribution in [1.82, 2.24) is 0 Å². The molecule has 0 heterocycles. The lowest BCUT2D eigenvalue weighted by Gasteiger charge is -2.12. The Hall–Kier alpha value is -0.190. The summed E-state index contributed by atoms with van der Waals surface area (Å²) in [6.07, 6.45) is 1.55. The Balaban J connectivity index is 2.93. The maximum Gasteiger partial charge on any atom is 0.144 e. The van der Waals surface area contributed by atoms with E-state index in [1.54, 1.807) is 12.3 Å². The largest absolute Gasteiger partial charge is 0.234 e. The van der Waals surface area contributed by atoms with E-state index in [-0.39, 0.29) is 4.75 Å². The summed E-state index contributed by atoms with van der Waals surface area (Å²) in [5, 5.41) is 0.595. The highest BCUT2D eigenvalue weighted by atomic mass is 79.9. The van der Waals surface area contributed by atoms with Crippen molar-refractivity contribution in [3.8, 4) is 0 Å². The second kappa shape index (κ2) is 5.43. The van der Waals surface area contributed by atoms with Gasteiger partial charge in [-0.1, -0.05) is 27.5 Å². The lowest BCUT2D eigenvalue weighted by atomic mass is 10.2. The average Bonchev–Trinajstić information content (AvgIpc) is 2.17. The van der Waals surface area contributed by atoms with Crippen LogP contribution in [0.25, 0.3) is 0 Å². The van der Waals surface area contributed by atoms with Crippen LogP contribution in [0.3, 0.4) is 0 Å². The van der Waals surface area contributed by atoms with Crippen LogP contribution in [0.15, 0.2) is 27.1 Å². The van der Waals surface area contributed by atoms with Crippen LogP contribution in [-0.4, -0.2) is 15.2 Å². The summed E-state index contributed by atoms with van der Waals surface area (Å²) in [6, 6.07) is 5.46. The minimum atomic E-state index is -1.26. The Labute approximate surface area is 112 Å². The van der Waals surface area contributed by atoms with E-state index in [2.05, 4.69) is 20.3 Å². The molecule has 0 aromatic heterocycles. The molecule has 0 radical (unpaired) electrons. The molecular weight excluding hydrogens is 310 g/mol. The van der Waals surface area contributed by atoms with Gasteiger partial charge in [-0.2, -0.15) is 4.40 Å². The van der Waals surface area contributed by atoms with Gasteiger partial charge >= 0.3 is 0 Å². The maximum absolute atomic E-state index is 11.7. The van der Waals surface area contributed by atoms with Gasteiger partial charge in [-0.05, 0) is 39.0 Å². The fourth-order valence-corrected chi connectivity index (χ4v) is 1.95. The van der Waals surface area contributed by atoms with Crippen LogP contribution in [0, 0.1) is 0 Å². The van der Waals surface area contributed by atoms with Crippen LogP contribution in [-0.2, 0) is 11.0 Å². The number of benzene rings is 1. The first-order valence-electron chi connectivity index (χ1n) is 4.72. The van der Waals surface area contributed by atoms with Gasteiger partial charge in [-0.3, -0.25) is 0 Å². The molecule has 0 aliphatic heterocycles. The standard InChI is InChI=1S/C11H13BrClNOS/c1-11(2,3)16(15)14-7-8-6-9(12)4-5-10(8)13/h4-7H,1-3H3/t16-/m1/s1. The van der Waals surface area contributed by atoms with Crippen molar-refractivity contribution in [2.45, 2.75) is 25.5 Å². The zero-order valence-corrected chi connectivity index (χ0v) is 12.5.